The third-order valence-electron chi connectivity index (χ3n) is 2.36. The second-order valence-corrected chi connectivity index (χ2v) is 3.43. The zero-order valence-electron chi connectivity index (χ0n) is 7.70. The highest BCUT2D eigenvalue weighted by molar-refractivity contribution is 5.97. The molecular weight excluding hydrogens is 162 g/mol. The van der Waals surface area contributed by atoms with Gasteiger partial charge in [0.15, 0.2) is 0 Å². The number of nitrogens with zero attached hydrogens (tertiary/aromatic N) is 2. The molecule has 0 bridgehead atoms. The maximum absolute atomic E-state index is 7.85. The molecule has 0 radical (unpaired) electrons. The first-order chi connectivity index (χ1) is 6.29. The predicted octanol–water partition coefficient (Wildman–Crippen LogP) is 1.91. The van der Waals surface area contributed by atoms with Crippen LogP contribution < -0.4 is 4.90 Å². The molecule has 0 spiro atoms. The Hall–Kier alpha value is -1.38. The zero-order chi connectivity index (χ0) is 9.26. The van der Waals surface area contributed by atoms with E-state index in [9.17, 15) is 0 Å². The number of hydrogen-bond acceptors (Lipinski definition) is 2. The average Bonchev–Trinajstić information content (AvgIpc) is 3.00. The van der Waals surface area contributed by atoms with Gasteiger partial charge in [-0.05, 0) is 25.0 Å². The van der Waals surface area contributed by atoms with Crippen molar-refractivity contribution in [3.8, 4) is 0 Å². The predicted molar refractivity (Wildman–Crippen MR) is 53.1 cm³/mol. The fraction of sp³-hybridized carbons (Fsp3) is 0.400. The zero-order valence-corrected chi connectivity index (χ0v) is 7.70. The number of hydrogen-bond donors (Lipinski definition) is 1. The maximum atomic E-state index is 7.85. The van der Waals surface area contributed by atoms with E-state index in [1.54, 1.807) is 12.4 Å². The van der Waals surface area contributed by atoms with E-state index in [1.165, 1.54) is 12.8 Å². The number of nitrogens with one attached hydrogen (secondary N) is 1. The molecule has 0 saturated heterocycles. The van der Waals surface area contributed by atoms with E-state index in [4.69, 9.17) is 5.41 Å². The molecule has 13 heavy (non-hydrogen) atoms. The van der Waals surface area contributed by atoms with Crippen LogP contribution in [-0.4, -0.2) is 17.9 Å². The van der Waals surface area contributed by atoms with Crippen molar-refractivity contribution in [2.45, 2.75) is 12.8 Å². The number of anilines is 1. The molecule has 1 aliphatic carbocycles. The quantitative estimate of drug-likeness (QED) is 0.551. The molecule has 1 aliphatic rings. The number of pyridine rings is 1. The molecule has 2 rings (SSSR count). The van der Waals surface area contributed by atoms with E-state index in [-0.39, 0.29) is 0 Å². The lowest BCUT2D eigenvalue weighted by molar-refractivity contribution is 1.06. The SMILES string of the molecule is CN(C(=N)C1CC1)c1cccnc1. The summed E-state index contributed by atoms with van der Waals surface area (Å²) in [6.07, 6.45) is 5.88. The molecule has 0 aliphatic heterocycles. The first kappa shape index (κ1) is 8.23. The van der Waals surface area contributed by atoms with Crippen LogP contribution in [0.15, 0.2) is 24.5 Å². The molecular formula is C10H13N3. The highest BCUT2D eigenvalue weighted by atomic mass is 15.2. The second kappa shape index (κ2) is 3.17. The molecule has 3 nitrogen and oxygen atoms in total. The topological polar surface area (TPSA) is 40.0 Å². The first-order valence-corrected chi connectivity index (χ1v) is 4.51. The van der Waals surface area contributed by atoms with Gasteiger partial charge in [-0.25, -0.2) is 0 Å². The van der Waals surface area contributed by atoms with Gasteiger partial charge in [0.1, 0.15) is 5.84 Å². The van der Waals surface area contributed by atoms with Gasteiger partial charge in [0, 0.05) is 19.2 Å². The molecule has 1 saturated carbocycles. The summed E-state index contributed by atoms with van der Waals surface area (Å²) >= 11 is 0. The summed E-state index contributed by atoms with van der Waals surface area (Å²) in [6, 6.07) is 3.87. The van der Waals surface area contributed by atoms with E-state index in [2.05, 4.69) is 4.98 Å². The van der Waals surface area contributed by atoms with Crippen molar-refractivity contribution >= 4 is 11.5 Å². The molecule has 1 heterocycles. The lowest BCUT2D eigenvalue weighted by Gasteiger charge is -2.18. The first-order valence-electron chi connectivity index (χ1n) is 4.51. The van der Waals surface area contributed by atoms with Crippen LogP contribution in [-0.2, 0) is 0 Å². The van der Waals surface area contributed by atoms with E-state index in [1.807, 2.05) is 24.1 Å². The summed E-state index contributed by atoms with van der Waals surface area (Å²) in [5, 5.41) is 7.85. The minimum absolute atomic E-state index is 0.491. The largest absolute Gasteiger partial charge is 0.332 e. The van der Waals surface area contributed by atoms with Gasteiger partial charge in [0.2, 0.25) is 0 Å². The third kappa shape index (κ3) is 1.69. The van der Waals surface area contributed by atoms with Crippen LogP contribution in [0.4, 0.5) is 5.69 Å². The van der Waals surface area contributed by atoms with E-state index < -0.39 is 0 Å². The average molecular weight is 175 g/mol. The fourth-order valence-electron chi connectivity index (χ4n) is 1.32. The highest BCUT2D eigenvalue weighted by Gasteiger charge is 2.29. The van der Waals surface area contributed by atoms with Crippen molar-refractivity contribution in [2.24, 2.45) is 5.92 Å². The Morgan fingerprint density at radius 1 is 1.62 bits per heavy atom. The van der Waals surface area contributed by atoms with Crippen molar-refractivity contribution in [1.29, 1.82) is 5.41 Å². The summed E-state index contributed by atoms with van der Waals surface area (Å²) in [7, 11) is 1.93. The van der Waals surface area contributed by atoms with Gasteiger partial charge in [0.05, 0.1) is 11.9 Å². The Labute approximate surface area is 77.9 Å². The van der Waals surface area contributed by atoms with Gasteiger partial charge in [0.25, 0.3) is 0 Å². The van der Waals surface area contributed by atoms with Crippen molar-refractivity contribution < 1.29 is 0 Å². The molecule has 1 aromatic rings. The van der Waals surface area contributed by atoms with Gasteiger partial charge in [-0.3, -0.25) is 10.4 Å². The molecule has 0 unspecified atom stereocenters. The van der Waals surface area contributed by atoms with Crippen molar-refractivity contribution in [2.75, 3.05) is 11.9 Å². The van der Waals surface area contributed by atoms with Gasteiger partial charge in [-0.15, -0.1) is 0 Å². The van der Waals surface area contributed by atoms with Crippen LogP contribution in [0.2, 0.25) is 0 Å². The Morgan fingerprint density at radius 3 is 2.92 bits per heavy atom. The maximum Gasteiger partial charge on any atom is 0.103 e. The molecule has 0 atom stereocenters. The summed E-state index contributed by atoms with van der Waals surface area (Å²) in [6.45, 7) is 0. The minimum Gasteiger partial charge on any atom is -0.332 e. The van der Waals surface area contributed by atoms with Crippen LogP contribution in [0, 0.1) is 11.3 Å². The molecule has 0 aromatic carbocycles. The smallest absolute Gasteiger partial charge is 0.103 e. The number of aromatic nitrogens is 1. The van der Waals surface area contributed by atoms with Gasteiger partial charge in [-0.1, -0.05) is 0 Å². The lowest BCUT2D eigenvalue weighted by Crippen LogP contribution is -2.26. The Balaban J connectivity index is 2.12. The molecule has 3 heteroatoms. The molecule has 1 fully saturated rings. The van der Waals surface area contributed by atoms with Crippen LogP contribution in [0.5, 0.6) is 0 Å². The van der Waals surface area contributed by atoms with E-state index in [0.717, 1.165) is 5.69 Å². The normalized spacial score (nSPS) is 15.5. The van der Waals surface area contributed by atoms with Crippen LogP contribution >= 0.6 is 0 Å². The number of amidine groups is 1. The minimum atomic E-state index is 0.491. The van der Waals surface area contributed by atoms with E-state index in [0.29, 0.717) is 11.8 Å². The monoisotopic (exact) mass is 175 g/mol. The Morgan fingerprint density at radius 2 is 2.38 bits per heavy atom. The van der Waals surface area contributed by atoms with Gasteiger partial charge < -0.3 is 4.90 Å². The van der Waals surface area contributed by atoms with Crippen LogP contribution in [0.25, 0.3) is 0 Å². The van der Waals surface area contributed by atoms with Gasteiger partial charge >= 0.3 is 0 Å². The van der Waals surface area contributed by atoms with Crippen molar-refractivity contribution in [1.82, 2.24) is 4.98 Å². The van der Waals surface area contributed by atoms with Crippen molar-refractivity contribution in [3.05, 3.63) is 24.5 Å². The molecule has 1 aromatic heterocycles. The summed E-state index contributed by atoms with van der Waals surface area (Å²) in [5.41, 5.74) is 0.999. The molecule has 0 amide bonds. The third-order valence-corrected chi connectivity index (χ3v) is 2.36. The van der Waals surface area contributed by atoms with Gasteiger partial charge in [-0.2, -0.15) is 0 Å². The lowest BCUT2D eigenvalue weighted by atomic mass is 10.3. The van der Waals surface area contributed by atoms with Crippen LogP contribution in [0.3, 0.4) is 0 Å². The second-order valence-electron chi connectivity index (χ2n) is 3.43. The van der Waals surface area contributed by atoms with E-state index >= 15 is 0 Å². The fourth-order valence-corrected chi connectivity index (χ4v) is 1.32. The Bertz CT molecular complexity index is 303. The molecule has 68 valence electrons. The van der Waals surface area contributed by atoms with Crippen molar-refractivity contribution in [3.63, 3.8) is 0 Å². The Kier molecular flexibility index (Phi) is 2.00. The summed E-state index contributed by atoms with van der Waals surface area (Å²) < 4.78 is 0. The van der Waals surface area contributed by atoms with Crippen LogP contribution in [0.1, 0.15) is 12.8 Å². The summed E-state index contributed by atoms with van der Waals surface area (Å²) in [5.74, 6) is 1.21. The number of rotatable bonds is 2. The standard InChI is InChI=1S/C10H13N3/c1-13(10(11)8-4-5-8)9-3-2-6-12-7-9/h2-3,6-8,11H,4-5H2,1H3. The molecule has 1 N–H and O–H groups in total. The summed E-state index contributed by atoms with van der Waals surface area (Å²) in [4.78, 5) is 5.94. The highest BCUT2D eigenvalue weighted by Crippen LogP contribution is 2.32.